The molecule has 0 radical (unpaired) electrons. The Morgan fingerprint density at radius 2 is 0.878 bits per heavy atom. The second-order valence-electron chi connectivity index (χ2n) is 29.9. The molecule has 0 unspecified atom stereocenters. The third-order valence-corrected chi connectivity index (χ3v) is 17.9. The normalized spacial score (nSPS) is 18.1. The van der Waals surface area contributed by atoms with Crippen molar-refractivity contribution in [1.29, 1.82) is 0 Å². The van der Waals surface area contributed by atoms with Gasteiger partial charge in [-0.2, -0.15) is 15.1 Å². The molecule has 0 atom stereocenters. The smallest absolute Gasteiger partial charge is 0.319 e. The zero-order valence-corrected chi connectivity index (χ0v) is 57.8. The topological polar surface area (TPSA) is 358 Å². The summed E-state index contributed by atoms with van der Waals surface area (Å²) >= 11 is 0. The predicted octanol–water partition coefficient (Wildman–Crippen LogP) is 10.5. The van der Waals surface area contributed by atoms with Crippen LogP contribution in [0.2, 0.25) is 0 Å². The van der Waals surface area contributed by atoms with E-state index in [-0.39, 0.29) is 74.6 Å². The van der Waals surface area contributed by atoms with E-state index in [0.29, 0.717) is 90.3 Å². The highest BCUT2D eigenvalue weighted by atomic mass is 16.5. The Kier molecular flexibility index (Phi) is 16.8. The average molecular weight is 1330 g/mol. The number of methoxy groups -OCH3 is 1. The number of aromatic nitrogens is 21. The SMILES string of the molecule is COc1ncnc(-c2ccc(-c3cc4nnn(C5CC(C)(C)NC(C)(C)C5)c4nn3)c(O)c2)n1.Cc1ccn(-c2ccc(-c3cc4nnn(C5CC(C)(C)NC(C)(C)C5)c4nn3)c(O)c2)n1.Cc1ncc(-c2ccc(-c3cc4nnn(C5CC(C)(C)NC(C)(C)C5)c4nn3)c(O)c2)o1. The monoisotopic (exact) mass is 1330 g/mol. The molecule has 3 fully saturated rings. The van der Waals surface area contributed by atoms with Gasteiger partial charge in [0.05, 0.1) is 59.9 Å². The molecule has 508 valence electrons. The molecule has 0 spiro atoms. The number of nitrogens with zero attached hydrogens (tertiary/aromatic N) is 21. The lowest BCUT2D eigenvalue weighted by atomic mass is 9.79. The van der Waals surface area contributed by atoms with Crippen LogP contribution in [0.15, 0.2) is 102 Å². The van der Waals surface area contributed by atoms with Gasteiger partial charge in [-0.1, -0.05) is 27.8 Å². The number of ether oxygens (including phenoxy) is 1. The molecular formula is C69H82N24O5. The van der Waals surface area contributed by atoms with Crippen LogP contribution in [0.25, 0.3) is 95.7 Å². The molecule has 12 heterocycles. The lowest BCUT2D eigenvalue weighted by molar-refractivity contribution is 0.126. The highest BCUT2D eigenvalue weighted by Crippen LogP contribution is 2.42. The fraction of sp³-hybridized carbons (Fsp3) is 0.435. The number of oxazole rings is 1. The van der Waals surface area contributed by atoms with Crippen LogP contribution in [-0.2, 0) is 0 Å². The molecule has 29 heteroatoms. The number of piperidine rings is 3. The van der Waals surface area contributed by atoms with Crippen LogP contribution in [0.1, 0.15) is 151 Å². The van der Waals surface area contributed by atoms with Gasteiger partial charge in [-0.25, -0.2) is 28.7 Å². The van der Waals surface area contributed by atoms with Gasteiger partial charge in [0.25, 0.3) is 0 Å². The second-order valence-corrected chi connectivity index (χ2v) is 29.9. The van der Waals surface area contributed by atoms with E-state index in [0.717, 1.165) is 55.5 Å². The molecule has 0 aliphatic carbocycles. The molecule has 6 N–H and O–H groups in total. The molecule has 0 bridgehead atoms. The first-order chi connectivity index (χ1) is 46.3. The summed E-state index contributed by atoms with van der Waals surface area (Å²) in [6.07, 6.45) is 10.4. The predicted molar refractivity (Wildman–Crippen MR) is 367 cm³/mol. The number of benzene rings is 3. The molecule has 9 aromatic heterocycles. The maximum absolute atomic E-state index is 10.7. The van der Waals surface area contributed by atoms with Crippen molar-refractivity contribution in [3.05, 3.63) is 109 Å². The first-order valence-electron chi connectivity index (χ1n) is 32.7. The van der Waals surface area contributed by atoms with Gasteiger partial charge < -0.3 is 40.4 Å². The van der Waals surface area contributed by atoms with E-state index < -0.39 is 0 Å². The van der Waals surface area contributed by atoms with Gasteiger partial charge in [-0.05, 0) is 189 Å². The van der Waals surface area contributed by atoms with Crippen molar-refractivity contribution in [3.8, 4) is 85.4 Å². The minimum Gasteiger partial charge on any atom is -0.507 e. The van der Waals surface area contributed by atoms with Gasteiger partial charge in [0.15, 0.2) is 17.5 Å². The van der Waals surface area contributed by atoms with E-state index in [1.54, 1.807) is 60.3 Å². The first-order valence-corrected chi connectivity index (χ1v) is 32.7. The second kappa shape index (κ2) is 24.9. The van der Waals surface area contributed by atoms with Crippen molar-refractivity contribution in [2.24, 2.45) is 0 Å². The van der Waals surface area contributed by atoms with E-state index in [2.05, 4.69) is 186 Å². The Hall–Kier alpha value is -10.4. The maximum Gasteiger partial charge on any atom is 0.319 e. The number of hydrogen-bond acceptors (Lipinski definition) is 25. The van der Waals surface area contributed by atoms with Crippen LogP contribution in [0.3, 0.4) is 0 Å². The maximum atomic E-state index is 10.7. The molecule has 12 aromatic rings. The van der Waals surface area contributed by atoms with Crippen LogP contribution >= 0.6 is 0 Å². The van der Waals surface area contributed by atoms with Gasteiger partial charge in [0.1, 0.15) is 40.1 Å². The quantitative estimate of drug-likeness (QED) is 0.0741. The van der Waals surface area contributed by atoms with E-state index in [1.807, 2.05) is 63.6 Å². The average Bonchev–Trinajstić information content (AvgIpc) is 1.56. The van der Waals surface area contributed by atoms with Crippen molar-refractivity contribution in [2.45, 2.75) is 187 Å². The highest BCUT2D eigenvalue weighted by Gasteiger charge is 2.42. The summed E-state index contributed by atoms with van der Waals surface area (Å²) in [5, 5.41) is 100. The van der Waals surface area contributed by atoms with Crippen molar-refractivity contribution >= 4 is 33.5 Å². The molecule has 3 aromatic carbocycles. The van der Waals surface area contributed by atoms with E-state index >= 15 is 0 Å². The van der Waals surface area contributed by atoms with Gasteiger partial charge >= 0.3 is 6.01 Å². The van der Waals surface area contributed by atoms with Crippen molar-refractivity contribution in [1.82, 2.24) is 121 Å². The van der Waals surface area contributed by atoms with Crippen molar-refractivity contribution in [2.75, 3.05) is 7.11 Å². The van der Waals surface area contributed by atoms with Crippen LogP contribution in [0.4, 0.5) is 0 Å². The first kappa shape index (κ1) is 66.2. The Bertz CT molecular complexity index is 4690. The summed E-state index contributed by atoms with van der Waals surface area (Å²) in [6.45, 7) is 30.2. The minimum absolute atomic E-state index is 0.0152. The van der Waals surface area contributed by atoms with Crippen LogP contribution < -0.4 is 20.7 Å². The van der Waals surface area contributed by atoms with Crippen molar-refractivity contribution in [3.63, 3.8) is 0 Å². The summed E-state index contributed by atoms with van der Waals surface area (Å²) in [5.41, 5.74) is 10.1. The molecule has 98 heavy (non-hydrogen) atoms. The van der Waals surface area contributed by atoms with Crippen LogP contribution in [-0.4, -0.2) is 161 Å². The fourth-order valence-electron chi connectivity index (χ4n) is 14.9. The molecule has 3 saturated heterocycles. The summed E-state index contributed by atoms with van der Waals surface area (Å²) in [7, 11) is 1.48. The zero-order chi connectivity index (χ0) is 69.4. The number of phenolic OH excluding ortho intramolecular Hbond substituents is 3. The Balaban J connectivity index is 0.000000132. The minimum atomic E-state index is -0.0336. The van der Waals surface area contributed by atoms with E-state index in [9.17, 15) is 15.3 Å². The Labute approximate surface area is 565 Å². The highest BCUT2D eigenvalue weighted by molar-refractivity contribution is 5.81. The lowest BCUT2D eigenvalue weighted by Gasteiger charge is -2.46. The number of aryl methyl sites for hydroxylation is 2. The standard InChI is InChI=1S/C23H27N9O2.C23H28N8O.C23H27N7O2/c1-22(2)10-14(11-23(3,4)30-22)32-20-17(28-31-32)9-16(27-29-20)15-7-6-13(8-18(15)33)19-24-12-25-21(26-19)34-5;1-14-8-9-30(27-14)15-6-7-17(20(32)10-15)18-11-19-21(26-24-18)31(29-25-19)16-12-22(2,3)28-23(4,5)13-16;1-13-24-12-20(32-13)14-6-7-16(19(31)8-14)17-9-18-21(27-25-17)30(29-26-18)15-10-22(2,3)28-23(4,5)11-15/h6-9,12,14,30,33H,10-11H2,1-5H3;6-11,16,28,32H,12-13H2,1-5H3;6-9,12,15,28,31H,10-11H2,1-5H3. The van der Waals surface area contributed by atoms with Gasteiger partial charge in [0.2, 0.25) is 16.9 Å². The fourth-order valence-corrected chi connectivity index (χ4v) is 14.9. The summed E-state index contributed by atoms with van der Waals surface area (Å²) < 4.78 is 18.0. The Morgan fingerprint density at radius 3 is 1.26 bits per heavy atom. The van der Waals surface area contributed by atoms with Crippen LogP contribution in [0.5, 0.6) is 23.3 Å². The Morgan fingerprint density at radius 1 is 0.469 bits per heavy atom. The molecule has 3 aliphatic heterocycles. The third-order valence-electron chi connectivity index (χ3n) is 17.9. The number of nitrogens with one attached hydrogen (secondary N) is 3. The number of aromatic hydroxyl groups is 3. The molecule has 0 amide bonds. The van der Waals surface area contributed by atoms with Crippen LogP contribution in [0, 0.1) is 13.8 Å². The molecule has 29 nitrogen and oxygen atoms in total. The molecular weight excluding hydrogens is 1240 g/mol. The lowest BCUT2D eigenvalue weighted by Crippen LogP contribution is -2.58. The number of hydrogen-bond donors (Lipinski definition) is 6. The number of fused-ring (bicyclic) bond motifs is 3. The van der Waals surface area contributed by atoms with Gasteiger partial charge in [-0.3, -0.25) is 0 Å². The van der Waals surface area contributed by atoms with Crippen molar-refractivity contribution < 1.29 is 24.5 Å². The molecule has 15 rings (SSSR count). The number of phenols is 3. The summed E-state index contributed by atoms with van der Waals surface area (Å²) in [4.78, 5) is 16.4. The van der Waals surface area contributed by atoms with E-state index in [1.165, 1.54) is 13.4 Å². The molecule has 3 aliphatic rings. The van der Waals surface area contributed by atoms with Gasteiger partial charge in [0, 0.05) is 80.2 Å². The third kappa shape index (κ3) is 14.1. The zero-order valence-electron chi connectivity index (χ0n) is 57.8. The molecule has 0 saturated carbocycles. The largest absolute Gasteiger partial charge is 0.507 e. The summed E-state index contributed by atoms with van der Waals surface area (Å²) in [6, 6.07) is 23.9. The summed E-state index contributed by atoms with van der Waals surface area (Å²) in [5.74, 6) is 1.79. The van der Waals surface area contributed by atoms with Gasteiger partial charge in [-0.15, -0.1) is 45.9 Å². The van der Waals surface area contributed by atoms with E-state index in [4.69, 9.17) is 9.15 Å². The number of rotatable bonds is 10.